The summed E-state index contributed by atoms with van der Waals surface area (Å²) in [6, 6.07) is 7.22. The van der Waals surface area contributed by atoms with E-state index in [0.29, 0.717) is 0 Å². The summed E-state index contributed by atoms with van der Waals surface area (Å²) < 4.78 is 65.7. The fourth-order valence-corrected chi connectivity index (χ4v) is 5.47. The summed E-state index contributed by atoms with van der Waals surface area (Å²) >= 11 is 0. The number of phenolic OH excluding ortho intramolecular Hbond substituents is 1. The van der Waals surface area contributed by atoms with E-state index in [0.717, 1.165) is 25.3 Å². The lowest BCUT2D eigenvalue weighted by molar-refractivity contribution is -0.278. The molecule has 0 aliphatic carbocycles. The van der Waals surface area contributed by atoms with Crippen molar-refractivity contribution in [1.29, 1.82) is 0 Å². The standard InChI is InChI=1S/C32H35F3O9/c1-7-21(42-29(39)31(41-6,32(33,34)35)17-11-9-8-10-12-17)18-15-23(37)44-28-24(18)27-19(14-22(43-27)30(4,5)40)26(38)25(28)20(36)13-16(2)3/h8-12,15-16,21-22,38,40H,7,13-14H2,1-6H3/t21-,22?,31-/m0/s1. The van der Waals surface area contributed by atoms with Crippen molar-refractivity contribution in [2.75, 3.05) is 7.11 Å². The van der Waals surface area contributed by atoms with Crippen LogP contribution in [0.5, 0.6) is 11.5 Å². The van der Waals surface area contributed by atoms with Gasteiger partial charge in [0.2, 0.25) is 0 Å². The molecule has 3 aromatic rings. The third-order valence-corrected chi connectivity index (χ3v) is 7.69. The lowest BCUT2D eigenvalue weighted by Crippen LogP contribution is -2.52. The number of halogens is 3. The molecule has 4 rings (SSSR count). The van der Waals surface area contributed by atoms with Gasteiger partial charge in [-0.1, -0.05) is 51.1 Å². The molecule has 1 aromatic heterocycles. The van der Waals surface area contributed by atoms with Gasteiger partial charge >= 0.3 is 17.8 Å². The van der Waals surface area contributed by atoms with Crippen LogP contribution < -0.4 is 10.4 Å². The molecule has 2 heterocycles. The Labute approximate surface area is 251 Å². The highest BCUT2D eigenvalue weighted by Crippen LogP contribution is 2.50. The number of fused-ring (bicyclic) bond motifs is 3. The molecule has 12 heteroatoms. The Balaban J connectivity index is 1.98. The molecule has 0 saturated heterocycles. The van der Waals surface area contributed by atoms with E-state index < -0.39 is 58.3 Å². The van der Waals surface area contributed by atoms with Crippen LogP contribution in [0.2, 0.25) is 0 Å². The number of Topliss-reactive ketones (excluding diaryl/α,β-unsaturated/α-hetero) is 1. The first-order valence-corrected chi connectivity index (χ1v) is 14.1. The molecule has 0 spiro atoms. The molecule has 0 fully saturated rings. The van der Waals surface area contributed by atoms with Crippen molar-refractivity contribution < 1.29 is 51.6 Å². The molecule has 0 saturated carbocycles. The van der Waals surface area contributed by atoms with Crippen molar-refractivity contribution in [3.8, 4) is 11.5 Å². The first-order valence-electron chi connectivity index (χ1n) is 14.1. The summed E-state index contributed by atoms with van der Waals surface area (Å²) in [6.45, 7) is 8.05. The summed E-state index contributed by atoms with van der Waals surface area (Å²) in [5.41, 5.74) is -7.08. The van der Waals surface area contributed by atoms with E-state index in [1.165, 1.54) is 39.0 Å². The Kier molecular flexibility index (Phi) is 8.92. The lowest BCUT2D eigenvalue weighted by atomic mass is 9.90. The smallest absolute Gasteiger partial charge is 0.432 e. The van der Waals surface area contributed by atoms with Crippen LogP contribution in [-0.2, 0) is 26.3 Å². The minimum absolute atomic E-state index is 0.0314. The fraction of sp³-hybridized carbons (Fsp3) is 0.469. The van der Waals surface area contributed by atoms with Crippen molar-refractivity contribution in [3.05, 3.63) is 69.1 Å². The average molecular weight is 621 g/mol. The van der Waals surface area contributed by atoms with Crippen LogP contribution in [0.4, 0.5) is 13.2 Å². The van der Waals surface area contributed by atoms with Gasteiger partial charge in [0.25, 0.3) is 5.60 Å². The van der Waals surface area contributed by atoms with E-state index in [9.17, 15) is 37.8 Å². The first kappa shape index (κ1) is 33.0. The molecule has 1 aliphatic rings. The number of methoxy groups -OCH3 is 1. The maximum atomic E-state index is 14.6. The molecule has 2 N–H and O–H groups in total. The largest absolute Gasteiger partial charge is 0.507 e. The number of aromatic hydroxyl groups is 1. The molecular formula is C32H35F3O9. The monoisotopic (exact) mass is 620 g/mol. The van der Waals surface area contributed by atoms with E-state index >= 15 is 0 Å². The van der Waals surface area contributed by atoms with Gasteiger partial charge in [-0.25, -0.2) is 9.59 Å². The third kappa shape index (κ3) is 5.68. The molecule has 2 aromatic carbocycles. The third-order valence-electron chi connectivity index (χ3n) is 7.69. The molecule has 0 radical (unpaired) electrons. The molecule has 1 aliphatic heterocycles. The van der Waals surface area contributed by atoms with Gasteiger partial charge in [-0.2, -0.15) is 13.2 Å². The van der Waals surface area contributed by atoms with Crippen molar-refractivity contribution in [2.24, 2.45) is 5.92 Å². The van der Waals surface area contributed by atoms with Crippen LogP contribution in [0, 0.1) is 5.92 Å². The Morgan fingerprint density at radius 2 is 1.77 bits per heavy atom. The maximum absolute atomic E-state index is 14.6. The zero-order valence-electron chi connectivity index (χ0n) is 25.2. The van der Waals surface area contributed by atoms with Gasteiger partial charge in [-0.15, -0.1) is 0 Å². The number of esters is 1. The maximum Gasteiger partial charge on any atom is 0.432 e. The highest BCUT2D eigenvalue weighted by atomic mass is 19.4. The number of rotatable bonds is 10. The van der Waals surface area contributed by atoms with Crippen molar-refractivity contribution in [2.45, 2.75) is 83.5 Å². The Morgan fingerprint density at radius 3 is 2.30 bits per heavy atom. The van der Waals surface area contributed by atoms with Crippen LogP contribution >= 0.6 is 0 Å². The Bertz CT molecular complexity index is 1620. The first-order chi connectivity index (χ1) is 20.5. The van der Waals surface area contributed by atoms with E-state index in [2.05, 4.69) is 0 Å². The number of alkyl halides is 3. The van der Waals surface area contributed by atoms with Gasteiger partial charge < -0.3 is 28.8 Å². The van der Waals surface area contributed by atoms with Gasteiger partial charge in [-0.3, -0.25) is 4.79 Å². The second-order valence-corrected chi connectivity index (χ2v) is 11.8. The van der Waals surface area contributed by atoms with E-state index in [1.54, 1.807) is 13.8 Å². The number of phenols is 1. The van der Waals surface area contributed by atoms with Gasteiger partial charge in [0, 0.05) is 42.7 Å². The van der Waals surface area contributed by atoms with Crippen molar-refractivity contribution in [1.82, 2.24) is 0 Å². The summed E-state index contributed by atoms with van der Waals surface area (Å²) in [4.78, 5) is 39.8. The highest BCUT2D eigenvalue weighted by Gasteiger charge is 2.64. The topological polar surface area (TPSA) is 132 Å². The molecule has 238 valence electrons. The van der Waals surface area contributed by atoms with Crippen LogP contribution in [0.3, 0.4) is 0 Å². The quantitative estimate of drug-likeness (QED) is 0.162. The van der Waals surface area contributed by atoms with E-state index in [1.807, 2.05) is 0 Å². The van der Waals surface area contributed by atoms with Crippen LogP contribution in [0.1, 0.15) is 80.6 Å². The molecule has 0 amide bonds. The summed E-state index contributed by atoms with van der Waals surface area (Å²) in [7, 11) is 0.738. The van der Waals surface area contributed by atoms with Crippen molar-refractivity contribution >= 4 is 22.7 Å². The van der Waals surface area contributed by atoms with Crippen molar-refractivity contribution in [3.63, 3.8) is 0 Å². The number of hydrogen-bond donors (Lipinski definition) is 2. The second kappa shape index (κ2) is 11.9. The number of carbonyl (C=O) groups is 2. The number of ether oxygens (including phenoxy) is 3. The van der Waals surface area contributed by atoms with E-state index in [4.69, 9.17) is 18.6 Å². The zero-order chi connectivity index (χ0) is 32.8. The molecule has 1 unspecified atom stereocenters. The van der Waals surface area contributed by atoms with Crippen LogP contribution in [-0.4, -0.2) is 47.0 Å². The number of benzene rings is 2. The fourth-order valence-electron chi connectivity index (χ4n) is 5.47. The van der Waals surface area contributed by atoms with Crippen LogP contribution in [0.25, 0.3) is 11.0 Å². The number of aliphatic hydroxyl groups is 1. The SMILES string of the molecule is CC[C@H](OC(=O)[C@@](OC)(c1ccccc1)C(F)(F)F)c1cc(=O)oc2c(C(=O)CC(C)C)c(O)c3c(c12)OC(C(C)(C)O)C3. The van der Waals surface area contributed by atoms with Gasteiger partial charge in [-0.05, 0) is 26.2 Å². The van der Waals surface area contributed by atoms with Crippen LogP contribution in [0.15, 0.2) is 45.6 Å². The number of ketones is 1. The predicted octanol–water partition coefficient (Wildman–Crippen LogP) is 5.90. The predicted molar refractivity (Wildman–Crippen MR) is 153 cm³/mol. The minimum Gasteiger partial charge on any atom is -0.507 e. The normalized spacial score (nSPS) is 17.2. The zero-order valence-corrected chi connectivity index (χ0v) is 25.2. The molecule has 0 bridgehead atoms. The minimum atomic E-state index is -5.25. The second-order valence-electron chi connectivity index (χ2n) is 11.8. The average Bonchev–Trinajstić information content (AvgIpc) is 3.38. The lowest BCUT2D eigenvalue weighted by Gasteiger charge is -2.34. The van der Waals surface area contributed by atoms with Gasteiger partial charge in [0.1, 0.15) is 29.3 Å². The Morgan fingerprint density at radius 1 is 1.14 bits per heavy atom. The van der Waals surface area contributed by atoms with Gasteiger partial charge in [0.05, 0.1) is 11.0 Å². The summed E-state index contributed by atoms with van der Waals surface area (Å²) in [5, 5.41) is 21.9. The Hall–Kier alpha value is -3.90. The number of hydrogen-bond acceptors (Lipinski definition) is 9. The molecule has 44 heavy (non-hydrogen) atoms. The number of carbonyl (C=O) groups excluding carboxylic acids is 2. The van der Waals surface area contributed by atoms with Gasteiger partial charge in [0.15, 0.2) is 11.4 Å². The molecule has 3 atom stereocenters. The summed E-state index contributed by atoms with van der Waals surface area (Å²) in [5.74, 6) is -3.02. The summed E-state index contributed by atoms with van der Waals surface area (Å²) in [6.07, 6.45) is -7.82. The highest BCUT2D eigenvalue weighted by molar-refractivity contribution is 6.11. The molecule has 9 nitrogen and oxygen atoms in total. The molecular weight excluding hydrogens is 585 g/mol. The van der Waals surface area contributed by atoms with E-state index in [-0.39, 0.29) is 58.6 Å².